The van der Waals surface area contributed by atoms with Crippen LogP contribution in [0.25, 0.3) is 0 Å². The predicted octanol–water partition coefficient (Wildman–Crippen LogP) is 3.06. The fraction of sp³-hybridized carbons (Fsp3) is 0.333. The van der Waals surface area contributed by atoms with Gasteiger partial charge in [0.2, 0.25) is 0 Å². The highest BCUT2D eigenvalue weighted by atomic mass is 79.9. The molecule has 0 amide bonds. The van der Waals surface area contributed by atoms with E-state index < -0.39 is 18.2 Å². The molecule has 0 N–H and O–H groups in total. The Morgan fingerprint density at radius 1 is 1.48 bits per heavy atom. The number of benzene rings is 1. The third-order valence-corrected chi connectivity index (χ3v) is 4.45. The molecule has 0 spiro atoms. The predicted molar refractivity (Wildman–Crippen MR) is 94.6 cm³/mol. The second-order valence-electron chi connectivity index (χ2n) is 5.66. The highest BCUT2D eigenvalue weighted by molar-refractivity contribution is 9.10. The molecule has 6 nitrogen and oxygen atoms in total. The number of hydrogen-bond acceptors (Lipinski definition) is 6. The number of nitrogens with zero attached hydrogens (tertiary/aromatic N) is 1. The molecule has 1 aromatic carbocycles. The van der Waals surface area contributed by atoms with Crippen molar-refractivity contribution in [2.45, 2.75) is 26.6 Å². The average molecular weight is 408 g/mol. The topological polar surface area (TPSA) is 65.1 Å². The van der Waals surface area contributed by atoms with Gasteiger partial charge in [0, 0.05) is 28.4 Å². The summed E-state index contributed by atoms with van der Waals surface area (Å²) in [6.07, 6.45) is 2.85. The zero-order chi connectivity index (χ0) is 18.0. The Bertz CT molecular complexity index is 771. The van der Waals surface area contributed by atoms with Crippen molar-refractivity contribution in [2.24, 2.45) is 0 Å². The number of halogens is 1. The third-order valence-electron chi connectivity index (χ3n) is 3.96. The maximum atomic E-state index is 12.4. The van der Waals surface area contributed by atoms with Gasteiger partial charge in [0.1, 0.15) is 6.26 Å². The number of anilines is 1. The summed E-state index contributed by atoms with van der Waals surface area (Å²) in [5, 5.41) is 0. The first-order valence-electron chi connectivity index (χ1n) is 7.97. The lowest BCUT2D eigenvalue weighted by Crippen LogP contribution is -2.28. The number of ether oxygens (including phenoxy) is 3. The molecule has 7 heteroatoms. The van der Waals surface area contributed by atoms with Gasteiger partial charge in [0.05, 0.1) is 6.61 Å². The summed E-state index contributed by atoms with van der Waals surface area (Å²) in [4.78, 5) is 25.7. The number of carbonyl (C=O) groups is 2. The van der Waals surface area contributed by atoms with Crippen molar-refractivity contribution in [2.75, 3.05) is 18.1 Å². The van der Waals surface area contributed by atoms with Crippen molar-refractivity contribution in [3.05, 3.63) is 51.8 Å². The average Bonchev–Trinajstić information content (AvgIpc) is 3.11. The standard InChI is InChI=1S/C18H18BrNO5/c1-3-23-18(22)15(10-24-16-8-11(2)17(21)25-16)20-7-6-12-9-13(19)4-5-14(12)20/h4-5,8-10,16H,3,6-7H2,1-2H3/b15-10-. The van der Waals surface area contributed by atoms with Crippen molar-refractivity contribution in [1.82, 2.24) is 0 Å². The Balaban J connectivity index is 1.85. The van der Waals surface area contributed by atoms with Crippen LogP contribution in [-0.2, 0) is 30.2 Å². The minimum absolute atomic E-state index is 0.259. The van der Waals surface area contributed by atoms with Crippen LogP contribution >= 0.6 is 15.9 Å². The molecule has 25 heavy (non-hydrogen) atoms. The molecule has 0 aromatic heterocycles. The lowest BCUT2D eigenvalue weighted by molar-refractivity contribution is -0.152. The maximum absolute atomic E-state index is 12.4. The molecule has 0 radical (unpaired) electrons. The van der Waals surface area contributed by atoms with E-state index in [1.165, 1.54) is 6.26 Å². The van der Waals surface area contributed by atoms with Gasteiger partial charge in [-0.3, -0.25) is 0 Å². The number of hydrogen-bond donors (Lipinski definition) is 0. The van der Waals surface area contributed by atoms with Crippen molar-refractivity contribution in [3.8, 4) is 0 Å². The largest absolute Gasteiger partial charge is 0.461 e. The van der Waals surface area contributed by atoms with E-state index in [2.05, 4.69) is 15.9 Å². The van der Waals surface area contributed by atoms with Gasteiger partial charge in [-0.25, -0.2) is 9.59 Å². The summed E-state index contributed by atoms with van der Waals surface area (Å²) in [5.74, 6) is -0.907. The summed E-state index contributed by atoms with van der Waals surface area (Å²) < 4.78 is 16.7. The van der Waals surface area contributed by atoms with Crippen LogP contribution in [-0.4, -0.2) is 31.4 Å². The van der Waals surface area contributed by atoms with Crippen molar-refractivity contribution < 1.29 is 23.8 Å². The second-order valence-corrected chi connectivity index (χ2v) is 6.57. The van der Waals surface area contributed by atoms with Gasteiger partial charge in [-0.2, -0.15) is 0 Å². The molecular weight excluding hydrogens is 390 g/mol. The molecule has 2 aliphatic rings. The van der Waals surface area contributed by atoms with Crippen LogP contribution in [0.4, 0.5) is 5.69 Å². The lowest BCUT2D eigenvalue weighted by atomic mass is 10.2. The van der Waals surface area contributed by atoms with E-state index in [1.807, 2.05) is 23.1 Å². The van der Waals surface area contributed by atoms with Gasteiger partial charge in [-0.1, -0.05) is 15.9 Å². The first-order chi connectivity index (χ1) is 12.0. The molecule has 1 aromatic rings. The SMILES string of the molecule is CCOC(=O)/C(=C/OC1C=C(C)C(=O)O1)N1CCc2cc(Br)ccc21. The molecule has 2 heterocycles. The third kappa shape index (κ3) is 3.71. The van der Waals surface area contributed by atoms with Crippen LogP contribution in [0.2, 0.25) is 0 Å². The molecule has 3 rings (SSSR count). The summed E-state index contributed by atoms with van der Waals surface area (Å²) >= 11 is 3.46. The minimum Gasteiger partial charge on any atom is -0.461 e. The Kier molecular flexibility index (Phi) is 5.13. The maximum Gasteiger partial charge on any atom is 0.358 e. The molecule has 2 aliphatic heterocycles. The zero-order valence-electron chi connectivity index (χ0n) is 14.0. The first kappa shape index (κ1) is 17.5. The summed E-state index contributed by atoms with van der Waals surface area (Å²) in [5.41, 5.74) is 2.82. The Morgan fingerprint density at radius 3 is 2.96 bits per heavy atom. The number of carbonyl (C=O) groups excluding carboxylic acids is 2. The fourth-order valence-corrected chi connectivity index (χ4v) is 3.16. The van der Waals surface area contributed by atoms with Crippen molar-refractivity contribution in [1.29, 1.82) is 0 Å². The molecule has 1 unspecified atom stereocenters. The van der Waals surface area contributed by atoms with E-state index in [9.17, 15) is 9.59 Å². The summed E-state index contributed by atoms with van der Waals surface area (Å²) in [7, 11) is 0. The van der Waals surface area contributed by atoms with Crippen LogP contribution in [0.3, 0.4) is 0 Å². The molecule has 132 valence electrons. The van der Waals surface area contributed by atoms with E-state index in [1.54, 1.807) is 19.9 Å². The van der Waals surface area contributed by atoms with E-state index in [0.29, 0.717) is 12.1 Å². The molecule has 0 fully saturated rings. The van der Waals surface area contributed by atoms with Crippen LogP contribution in [0.5, 0.6) is 0 Å². The first-order valence-corrected chi connectivity index (χ1v) is 8.77. The quantitative estimate of drug-likeness (QED) is 0.424. The number of cyclic esters (lactones) is 1. The van der Waals surface area contributed by atoms with E-state index in [-0.39, 0.29) is 12.3 Å². The number of rotatable bonds is 5. The van der Waals surface area contributed by atoms with Gasteiger partial charge < -0.3 is 19.1 Å². The molecule has 0 saturated heterocycles. The zero-order valence-corrected chi connectivity index (χ0v) is 15.5. The van der Waals surface area contributed by atoms with Gasteiger partial charge in [-0.05, 0) is 44.0 Å². The second kappa shape index (κ2) is 7.31. The Hall–Kier alpha value is -2.28. The smallest absolute Gasteiger partial charge is 0.358 e. The summed E-state index contributed by atoms with van der Waals surface area (Å²) in [6, 6.07) is 5.90. The highest BCUT2D eigenvalue weighted by Crippen LogP contribution is 2.33. The number of fused-ring (bicyclic) bond motifs is 1. The van der Waals surface area contributed by atoms with Gasteiger partial charge in [0.25, 0.3) is 6.29 Å². The van der Waals surface area contributed by atoms with Crippen LogP contribution in [0.15, 0.2) is 46.3 Å². The minimum atomic E-state index is -0.830. The molecule has 1 atom stereocenters. The van der Waals surface area contributed by atoms with E-state index in [4.69, 9.17) is 14.2 Å². The van der Waals surface area contributed by atoms with E-state index in [0.717, 1.165) is 22.1 Å². The van der Waals surface area contributed by atoms with Crippen molar-refractivity contribution >= 4 is 33.6 Å². The van der Waals surface area contributed by atoms with Gasteiger partial charge >= 0.3 is 11.9 Å². The Morgan fingerprint density at radius 2 is 2.28 bits per heavy atom. The molecule has 0 aliphatic carbocycles. The van der Waals surface area contributed by atoms with Crippen molar-refractivity contribution in [3.63, 3.8) is 0 Å². The van der Waals surface area contributed by atoms with E-state index >= 15 is 0 Å². The highest BCUT2D eigenvalue weighted by Gasteiger charge is 2.29. The van der Waals surface area contributed by atoms with Gasteiger partial charge in [-0.15, -0.1) is 0 Å². The van der Waals surface area contributed by atoms with Crippen LogP contribution in [0, 0.1) is 0 Å². The molecular formula is C18H18BrNO5. The van der Waals surface area contributed by atoms with Gasteiger partial charge in [0.15, 0.2) is 5.70 Å². The monoisotopic (exact) mass is 407 g/mol. The normalized spacial score (nSPS) is 19.4. The summed E-state index contributed by atoms with van der Waals surface area (Å²) in [6.45, 7) is 4.29. The molecule has 0 saturated carbocycles. The fourth-order valence-electron chi connectivity index (χ4n) is 2.75. The lowest BCUT2D eigenvalue weighted by Gasteiger charge is -2.22. The van der Waals surface area contributed by atoms with Crippen LogP contribution < -0.4 is 4.90 Å². The van der Waals surface area contributed by atoms with Crippen LogP contribution in [0.1, 0.15) is 19.4 Å². The Labute approximate surface area is 154 Å². The molecule has 0 bridgehead atoms. The number of esters is 2.